The fourth-order valence-electron chi connectivity index (χ4n) is 5.06. The number of carbonyl (C=O) groups is 2. The van der Waals surface area contributed by atoms with Crippen LogP contribution in [-0.2, 0) is 48.0 Å². The topological polar surface area (TPSA) is 139 Å². The monoisotopic (exact) mass is 962 g/mol. The van der Waals surface area contributed by atoms with Gasteiger partial charge in [-0.3, -0.25) is 9.59 Å². The SMILES string of the molecule is CC(C)(C)OC(=O)CS(=O)(=O)c1ccc(-c2ccc(Br)cc2)cc1.CC(C)(C)OC(=O)CS(=O)(=O)c1ccc(B2OC(C)(C)C(C)(C)O2)cc1.Cc1ccc(Br)cc1. The number of aryl methyl sites for hydroxylation is 1. The zero-order chi connectivity index (χ0) is 43.9. The molecule has 1 fully saturated rings. The molecule has 1 heterocycles. The maximum atomic E-state index is 12.4. The van der Waals surface area contributed by atoms with Gasteiger partial charge in [-0.2, -0.15) is 0 Å². The summed E-state index contributed by atoms with van der Waals surface area (Å²) in [6, 6.07) is 28.6. The Kier molecular flexibility index (Phi) is 16.4. The minimum absolute atomic E-state index is 0.0589. The van der Waals surface area contributed by atoms with Crippen molar-refractivity contribution < 1.29 is 45.2 Å². The Morgan fingerprint density at radius 3 is 1.21 bits per heavy atom. The Morgan fingerprint density at radius 1 is 0.569 bits per heavy atom. The second kappa shape index (κ2) is 19.4. The molecule has 1 aliphatic rings. The van der Waals surface area contributed by atoms with Crippen LogP contribution in [0.25, 0.3) is 11.1 Å². The number of halogens is 2. The van der Waals surface area contributed by atoms with Gasteiger partial charge in [0.05, 0.1) is 21.0 Å². The lowest BCUT2D eigenvalue weighted by Crippen LogP contribution is -2.41. The predicted octanol–water partition coefficient (Wildman–Crippen LogP) is 9.09. The molecule has 1 aliphatic heterocycles. The van der Waals surface area contributed by atoms with Gasteiger partial charge in [0.2, 0.25) is 0 Å². The molecule has 1 saturated heterocycles. The van der Waals surface area contributed by atoms with Gasteiger partial charge in [0, 0.05) is 8.95 Å². The average Bonchev–Trinajstić information content (AvgIpc) is 3.31. The van der Waals surface area contributed by atoms with Crippen LogP contribution < -0.4 is 5.46 Å². The van der Waals surface area contributed by atoms with E-state index in [1.807, 2.05) is 64.1 Å². The molecular weight excluding hydrogens is 911 g/mol. The van der Waals surface area contributed by atoms with Crippen LogP contribution in [0.3, 0.4) is 0 Å². The lowest BCUT2D eigenvalue weighted by molar-refractivity contribution is -0.152. The van der Waals surface area contributed by atoms with E-state index in [1.165, 1.54) is 29.8 Å². The van der Waals surface area contributed by atoms with Gasteiger partial charge in [-0.1, -0.05) is 86.0 Å². The minimum Gasteiger partial charge on any atom is -0.459 e. The van der Waals surface area contributed by atoms with E-state index in [1.54, 1.807) is 65.8 Å². The first kappa shape index (κ1) is 49.0. The van der Waals surface area contributed by atoms with E-state index in [-0.39, 0.29) is 9.79 Å². The summed E-state index contributed by atoms with van der Waals surface area (Å²) in [6.07, 6.45) is 0. The van der Waals surface area contributed by atoms with Crippen molar-refractivity contribution in [3.63, 3.8) is 0 Å². The van der Waals surface area contributed by atoms with Crippen LogP contribution in [0.5, 0.6) is 0 Å². The third-order valence-electron chi connectivity index (χ3n) is 8.62. The van der Waals surface area contributed by atoms with E-state index in [0.29, 0.717) is 0 Å². The van der Waals surface area contributed by atoms with Crippen molar-refractivity contribution in [2.45, 2.75) is 108 Å². The average molecular weight is 965 g/mol. The van der Waals surface area contributed by atoms with Gasteiger partial charge in [0.1, 0.15) is 11.2 Å². The highest BCUT2D eigenvalue weighted by molar-refractivity contribution is 9.10. The summed E-state index contributed by atoms with van der Waals surface area (Å²) in [5.41, 5.74) is 1.52. The van der Waals surface area contributed by atoms with E-state index in [2.05, 4.69) is 50.9 Å². The molecule has 0 unspecified atom stereocenters. The maximum Gasteiger partial charge on any atom is 0.494 e. The van der Waals surface area contributed by atoms with Gasteiger partial charge in [0.25, 0.3) is 0 Å². The molecule has 4 aromatic carbocycles. The molecule has 58 heavy (non-hydrogen) atoms. The molecule has 0 aliphatic carbocycles. The molecule has 0 saturated carbocycles. The Labute approximate surface area is 361 Å². The zero-order valence-corrected chi connectivity index (χ0v) is 39.7. The molecule has 0 N–H and O–H groups in total. The van der Waals surface area contributed by atoms with Gasteiger partial charge < -0.3 is 18.8 Å². The van der Waals surface area contributed by atoms with Crippen molar-refractivity contribution in [3.8, 4) is 11.1 Å². The molecule has 15 heteroatoms. The molecule has 10 nitrogen and oxygen atoms in total. The van der Waals surface area contributed by atoms with Crippen molar-refractivity contribution in [1.29, 1.82) is 0 Å². The highest BCUT2D eigenvalue weighted by Crippen LogP contribution is 2.36. The summed E-state index contributed by atoms with van der Waals surface area (Å²) >= 11 is 6.72. The van der Waals surface area contributed by atoms with Crippen molar-refractivity contribution in [3.05, 3.63) is 112 Å². The number of hydrogen-bond acceptors (Lipinski definition) is 10. The fourth-order valence-corrected chi connectivity index (χ4v) is 7.76. The second-order valence-corrected chi connectivity index (χ2v) is 22.5. The van der Waals surface area contributed by atoms with E-state index in [9.17, 15) is 26.4 Å². The number of esters is 2. The van der Waals surface area contributed by atoms with Crippen LogP contribution in [0.15, 0.2) is 116 Å². The fraction of sp³-hybridized carbons (Fsp3) is 0.395. The normalized spacial score (nSPS) is 14.9. The lowest BCUT2D eigenvalue weighted by atomic mass is 9.79. The van der Waals surface area contributed by atoms with Crippen LogP contribution in [0.1, 0.15) is 74.8 Å². The highest BCUT2D eigenvalue weighted by atomic mass is 79.9. The van der Waals surface area contributed by atoms with Crippen molar-refractivity contribution in [2.24, 2.45) is 0 Å². The molecular formula is C43H53BBr2O10S2. The van der Waals surface area contributed by atoms with E-state index >= 15 is 0 Å². The van der Waals surface area contributed by atoms with Gasteiger partial charge in [-0.25, -0.2) is 16.8 Å². The Bertz CT molecular complexity index is 2190. The second-order valence-electron chi connectivity index (χ2n) is 16.7. The summed E-state index contributed by atoms with van der Waals surface area (Å²) in [6.45, 7) is 20.1. The Morgan fingerprint density at radius 2 is 0.879 bits per heavy atom. The van der Waals surface area contributed by atoms with Gasteiger partial charge in [-0.15, -0.1) is 0 Å². The summed E-state index contributed by atoms with van der Waals surface area (Å²) < 4.78 is 73.6. The highest BCUT2D eigenvalue weighted by Gasteiger charge is 2.51. The molecule has 0 atom stereocenters. The molecule has 5 rings (SSSR count). The standard InChI is InChI=1S/C18H27BO6S.C18H19BrO4S.C7H7Br/c1-16(2,3)23-15(20)12-26(21,22)14-10-8-13(9-11-14)19-24-17(4,5)18(6,7)25-19;1-18(2,3)23-17(20)12-24(21,22)16-10-6-14(7-11-16)13-4-8-15(19)9-5-13;1-6-2-4-7(8)5-3-6/h8-11H,12H2,1-7H3;4-11H,12H2,1-3H3;2-5H,1H3. The zero-order valence-electron chi connectivity index (χ0n) is 34.9. The van der Waals surface area contributed by atoms with Crippen LogP contribution in [0.2, 0.25) is 0 Å². The largest absolute Gasteiger partial charge is 0.494 e. The number of rotatable bonds is 8. The van der Waals surface area contributed by atoms with Gasteiger partial charge >= 0.3 is 19.1 Å². The van der Waals surface area contributed by atoms with Crippen LogP contribution >= 0.6 is 31.9 Å². The quantitative estimate of drug-likeness (QED) is 0.124. The number of ether oxygens (including phenoxy) is 2. The predicted molar refractivity (Wildman–Crippen MR) is 236 cm³/mol. The Balaban J connectivity index is 0.000000261. The van der Waals surface area contributed by atoms with Gasteiger partial charge in [0.15, 0.2) is 31.2 Å². The molecule has 0 aromatic heterocycles. The van der Waals surface area contributed by atoms with Crippen LogP contribution in [0.4, 0.5) is 0 Å². The Hall–Kier alpha value is -3.34. The van der Waals surface area contributed by atoms with E-state index in [4.69, 9.17) is 18.8 Å². The molecule has 4 aromatic rings. The number of sulfone groups is 2. The first-order valence-corrected chi connectivity index (χ1v) is 23.3. The third-order valence-corrected chi connectivity index (χ3v) is 12.9. The van der Waals surface area contributed by atoms with E-state index in [0.717, 1.165) is 25.5 Å². The molecule has 0 radical (unpaired) electrons. The maximum absolute atomic E-state index is 12.4. The smallest absolute Gasteiger partial charge is 0.459 e. The van der Waals surface area contributed by atoms with Crippen molar-refractivity contribution in [1.82, 2.24) is 0 Å². The molecule has 314 valence electrons. The summed E-state index contributed by atoms with van der Waals surface area (Å²) in [7, 11) is -8.06. The first-order chi connectivity index (χ1) is 26.5. The number of benzene rings is 4. The van der Waals surface area contributed by atoms with Crippen LogP contribution in [0, 0.1) is 6.92 Å². The lowest BCUT2D eigenvalue weighted by Gasteiger charge is -2.32. The molecule has 0 amide bonds. The minimum atomic E-state index is -3.77. The van der Waals surface area contributed by atoms with Crippen molar-refractivity contribution in [2.75, 3.05) is 11.5 Å². The van der Waals surface area contributed by atoms with E-state index < -0.39 is 72.6 Å². The molecule has 0 spiro atoms. The first-order valence-electron chi connectivity index (χ1n) is 18.4. The summed E-state index contributed by atoms with van der Waals surface area (Å²) in [5.74, 6) is -2.88. The third kappa shape index (κ3) is 15.4. The van der Waals surface area contributed by atoms with Gasteiger partial charge in [-0.05, 0) is 141 Å². The summed E-state index contributed by atoms with van der Waals surface area (Å²) in [4.78, 5) is 23.8. The van der Waals surface area contributed by atoms with Crippen LogP contribution in [-0.4, -0.2) is 69.8 Å². The van der Waals surface area contributed by atoms with Crippen molar-refractivity contribution >= 4 is 76.1 Å². The number of carbonyl (C=O) groups excluding carboxylic acids is 2. The summed E-state index contributed by atoms with van der Waals surface area (Å²) in [5, 5.41) is 0. The molecule has 0 bridgehead atoms. The number of hydrogen-bond donors (Lipinski definition) is 0.